The summed E-state index contributed by atoms with van der Waals surface area (Å²) in [4.78, 5) is 4.32. The van der Waals surface area contributed by atoms with Gasteiger partial charge >= 0.3 is 0 Å². The number of nitrogens with zero attached hydrogens (tertiary/aromatic N) is 2. The van der Waals surface area contributed by atoms with Crippen LogP contribution in [0.5, 0.6) is 0 Å². The Hall–Kier alpha value is -2.68. The molecule has 3 aromatic rings. The highest BCUT2D eigenvalue weighted by Crippen LogP contribution is 2.20. The summed E-state index contributed by atoms with van der Waals surface area (Å²) in [7, 11) is 0. The summed E-state index contributed by atoms with van der Waals surface area (Å²) in [6, 6.07) is 19.9. The standard InChI is InChI=1S/C16H13N3/c1-2-6-13(7-3-1)12-18-19-16-10-4-9-15-14(16)8-5-11-17-15/h1-12,19H/b18-12+. The van der Waals surface area contributed by atoms with E-state index in [4.69, 9.17) is 0 Å². The van der Waals surface area contributed by atoms with Crippen molar-refractivity contribution in [3.63, 3.8) is 0 Å². The van der Waals surface area contributed by atoms with E-state index in [1.54, 1.807) is 12.4 Å². The Labute approximate surface area is 111 Å². The number of hydrogen-bond acceptors (Lipinski definition) is 3. The quantitative estimate of drug-likeness (QED) is 0.566. The minimum absolute atomic E-state index is 0.956. The van der Waals surface area contributed by atoms with Gasteiger partial charge in [0.2, 0.25) is 0 Å². The molecule has 0 radical (unpaired) electrons. The zero-order valence-corrected chi connectivity index (χ0v) is 10.3. The largest absolute Gasteiger partial charge is 0.278 e. The lowest BCUT2D eigenvalue weighted by molar-refractivity contribution is 1.35. The Bertz CT molecular complexity index is 700. The van der Waals surface area contributed by atoms with E-state index in [-0.39, 0.29) is 0 Å². The van der Waals surface area contributed by atoms with Crippen molar-refractivity contribution in [1.82, 2.24) is 4.98 Å². The molecule has 0 aliphatic heterocycles. The highest BCUT2D eigenvalue weighted by Gasteiger charge is 1.98. The molecular weight excluding hydrogens is 234 g/mol. The lowest BCUT2D eigenvalue weighted by Crippen LogP contribution is -1.92. The molecule has 0 amide bonds. The molecule has 0 fully saturated rings. The summed E-state index contributed by atoms with van der Waals surface area (Å²) in [5, 5.41) is 5.32. The van der Waals surface area contributed by atoms with Gasteiger partial charge in [0, 0.05) is 11.6 Å². The Kier molecular flexibility index (Phi) is 3.19. The summed E-state index contributed by atoms with van der Waals surface area (Å²) in [5.41, 5.74) is 6.05. The molecule has 0 aliphatic rings. The lowest BCUT2D eigenvalue weighted by atomic mass is 10.2. The second kappa shape index (κ2) is 5.31. The Morgan fingerprint density at radius 3 is 2.68 bits per heavy atom. The van der Waals surface area contributed by atoms with Crippen LogP contribution >= 0.6 is 0 Å². The molecule has 1 aromatic heterocycles. The van der Waals surface area contributed by atoms with E-state index in [2.05, 4.69) is 15.5 Å². The van der Waals surface area contributed by atoms with E-state index in [1.165, 1.54) is 0 Å². The lowest BCUT2D eigenvalue weighted by Gasteiger charge is -2.04. The van der Waals surface area contributed by atoms with Crippen LogP contribution in [0.1, 0.15) is 5.56 Å². The molecule has 2 aromatic carbocycles. The summed E-state index contributed by atoms with van der Waals surface area (Å²) < 4.78 is 0. The second-order valence-corrected chi connectivity index (χ2v) is 4.16. The molecule has 0 saturated heterocycles. The first kappa shape index (κ1) is 11.4. The molecule has 1 heterocycles. The van der Waals surface area contributed by atoms with Crippen LogP contribution in [0.3, 0.4) is 0 Å². The molecule has 0 atom stereocenters. The Morgan fingerprint density at radius 2 is 1.79 bits per heavy atom. The molecule has 19 heavy (non-hydrogen) atoms. The van der Waals surface area contributed by atoms with Crippen molar-refractivity contribution in [3.05, 3.63) is 72.4 Å². The monoisotopic (exact) mass is 247 g/mol. The van der Waals surface area contributed by atoms with Gasteiger partial charge in [-0.1, -0.05) is 36.4 Å². The van der Waals surface area contributed by atoms with Crippen LogP contribution in [0.2, 0.25) is 0 Å². The number of nitrogens with one attached hydrogen (secondary N) is 1. The molecule has 3 rings (SSSR count). The van der Waals surface area contributed by atoms with Gasteiger partial charge in [-0.15, -0.1) is 0 Å². The van der Waals surface area contributed by atoms with E-state index in [0.29, 0.717) is 0 Å². The molecule has 3 nitrogen and oxygen atoms in total. The van der Waals surface area contributed by atoms with E-state index < -0.39 is 0 Å². The molecule has 92 valence electrons. The van der Waals surface area contributed by atoms with E-state index in [1.807, 2.05) is 60.7 Å². The fourth-order valence-corrected chi connectivity index (χ4v) is 1.92. The maximum absolute atomic E-state index is 4.32. The van der Waals surface area contributed by atoms with Crippen molar-refractivity contribution >= 4 is 22.8 Å². The summed E-state index contributed by atoms with van der Waals surface area (Å²) in [6.45, 7) is 0. The zero-order chi connectivity index (χ0) is 12.9. The van der Waals surface area contributed by atoms with Gasteiger partial charge in [0.05, 0.1) is 17.4 Å². The number of aromatic nitrogens is 1. The van der Waals surface area contributed by atoms with Gasteiger partial charge in [0.15, 0.2) is 0 Å². The summed E-state index contributed by atoms with van der Waals surface area (Å²) >= 11 is 0. The smallest absolute Gasteiger partial charge is 0.0723 e. The summed E-state index contributed by atoms with van der Waals surface area (Å²) in [6.07, 6.45) is 3.59. The normalized spacial score (nSPS) is 10.9. The highest BCUT2D eigenvalue weighted by molar-refractivity contribution is 5.91. The second-order valence-electron chi connectivity index (χ2n) is 4.16. The third-order valence-corrected chi connectivity index (χ3v) is 2.84. The van der Waals surface area contributed by atoms with Crippen LogP contribution in [0.15, 0.2) is 72.0 Å². The topological polar surface area (TPSA) is 37.3 Å². The third-order valence-electron chi connectivity index (χ3n) is 2.84. The van der Waals surface area contributed by atoms with Crippen molar-refractivity contribution in [2.24, 2.45) is 5.10 Å². The fourth-order valence-electron chi connectivity index (χ4n) is 1.92. The van der Waals surface area contributed by atoms with Gasteiger partial charge in [-0.2, -0.15) is 5.10 Å². The van der Waals surface area contributed by atoms with Gasteiger partial charge < -0.3 is 0 Å². The summed E-state index contributed by atoms with van der Waals surface area (Å²) in [5.74, 6) is 0. The van der Waals surface area contributed by atoms with Crippen LogP contribution in [0.4, 0.5) is 5.69 Å². The number of hydrazone groups is 1. The molecule has 0 bridgehead atoms. The van der Waals surface area contributed by atoms with Crippen molar-refractivity contribution in [1.29, 1.82) is 0 Å². The maximum Gasteiger partial charge on any atom is 0.0723 e. The average molecular weight is 247 g/mol. The molecule has 3 heteroatoms. The van der Waals surface area contributed by atoms with Crippen LogP contribution < -0.4 is 5.43 Å². The van der Waals surface area contributed by atoms with Gasteiger partial charge in [-0.25, -0.2) is 0 Å². The van der Waals surface area contributed by atoms with Crippen LogP contribution in [0, 0.1) is 0 Å². The number of anilines is 1. The Morgan fingerprint density at radius 1 is 0.895 bits per heavy atom. The van der Waals surface area contributed by atoms with Crippen molar-refractivity contribution in [3.8, 4) is 0 Å². The zero-order valence-electron chi connectivity index (χ0n) is 10.3. The fraction of sp³-hybridized carbons (Fsp3) is 0. The number of fused-ring (bicyclic) bond motifs is 1. The minimum atomic E-state index is 0.956. The third kappa shape index (κ3) is 2.60. The molecular formula is C16H13N3. The predicted octanol–water partition coefficient (Wildman–Crippen LogP) is 3.68. The molecule has 0 spiro atoms. The van der Waals surface area contributed by atoms with Gasteiger partial charge in [0.1, 0.15) is 0 Å². The van der Waals surface area contributed by atoms with Gasteiger partial charge in [0.25, 0.3) is 0 Å². The maximum atomic E-state index is 4.32. The SMILES string of the molecule is C(=N\Nc1cccc2ncccc12)/c1ccccc1. The van der Waals surface area contributed by atoms with Crippen LogP contribution in [-0.4, -0.2) is 11.2 Å². The number of benzene rings is 2. The number of rotatable bonds is 3. The van der Waals surface area contributed by atoms with Crippen molar-refractivity contribution in [2.75, 3.05) is 5.43 Å². The number of pyridine rings is 1. The van der Waals surface area contributed by atoms with Gasteiger partial charge in [-0.3, -0.25) is 10.4 Å². The van der Waals surface area contributed by atoms with Crippen molar-refractivity contribution < 1.29 is 0 Å². The Balaban J connectivity index is 1.84. The number of hydrogen-bond donors (Lipinski definition) is 1. The highest BCUT2D eigenvalue weighted by atomic mass is 15.3. The molecule has 0 unspecified atom stereocenters. The van der Waals surface area contributed by atoms with E-state index >= 15 is 0 Å². The molecule has 0 aliphatic carbocycles. The first-order valence-corrected chi connectivity index (χ1v) is 6.11. The van der Waals surface area contributed by atoms with Gasteiger partial charge in [-0.05, 0) is 29.8 Å². The van der Waals surface area contributed by atoms with E-state index in [9.17, 15) is 0 Å². The molecule has 0 saturated carbocycles. The van der Waals surface area contributed by atoms with Crippen LogP contribution in [-0.2, 0) is 0 Å². The predicted molar refractivity (Wildman–Crippen MR) is 79.4 cm³/mol. The first-order valence-electron chi connectivity index (χ1n) is 6.11. The average Bonchev–Trinajstić information content (AvgIpc) is 2.49. The van der Waals surface area contributed by atoms with Crippen LogP contribution in [0.25, 0.3) is 10.9 Å². The molecule has 1 N–H and O–H groups in total. The van der Waals surface area contributed by atoms with Crippen molar-refractivity contribution in [2.45, 2.75) is 0 Å². The first-order chi connectivity index (χ1) is 9.43. The van der Waals surface area contributed by atoms with E-state index in [0.717, 1.165) is 22.2 Å². The minimum Gasteiger partial charge on any atom is -0.278 e.